The van der Waals surface area contributed by atoms with E-state index in [1.807, 2.05) is 0 Å². The van der Waals surface area contributed by atoms with Crippen LogP contribution in [0.25, 0.3) is 0 Å². The molecular weight excluding hydrogens is 336 g/mol. The highest BCUT2D eigenvalue weighted by Crippen LogP contribution is 2.69. The number of carboxylic acids is 1. The van der Waals surface area contributed by atoms with Crippen LogP contribution < -0.4 is 0 Å². The summed E-state index contributed by atoms with van der Waals surface area (Å²) in [6.45, 7) is 9.43. The molecule has 0 aliphatic heterocycles. The highest BCUT2D eigenvalue weighted by atomic mass is 16.5. The molecule has 3 heteroatoms. The van der Waals surface area contributed by atoms with Gasteiger partial charge < -0.3 is 9.84 Å². The summed E-state index contributed by atoms with van der Waals surface area (Å²) < 4.78 is 5.80. The standard InChI is InChI=1S/C24H30O3/c1-21(2)10-11-22(3,4)18-14-16(6-7-17(18)21)23-12-13-24(27-5,19(23)15-23)9-8-20(25)26/h6-7,14,19H,10-13,15H2,1-5H3,(H,25,26). The number of fused-ring (bicyclic) bond motifs is 2. The molecular formula is C24H30O3. The number of hydrogen-bond acceptors (Lipinski definition) is 2. The topological polar surface area (TPSA) is 46.5 Å². The third-order valence-electron chi connectivity index (χ3n) is 7.75. The molecule has 0 heterocycles. The average Bonchev–Trinajstić information content (AvgIpc) is 3.28. The van der Waals surface area contributed by atoms with Crippen molar-refractivity contribution in [2.75, 3.05) is 7.11 Å². The van der Waals surface area contributed by atoms with E-state index in [9.17, 15) is 4.79 Å². The predicted octanol–water partition coefficient (Wildman–Crippen LogP) is 4.56. The Labute approximate surface area is 162 Å². The molecule has 3 atom stereocenters. The van der Waals surface area contributed by atoms with Crippen molar-refractivity contribution in [1.82, 2.24) is 0 Å². The molecule has 4 rings (SSSR count). The number of hydrogen-bond donors (Lipinski definition) is 1. The fraction of sp³-hybridized carbons (Fsp3) is 0.625. The largest absolute Gasteiger partial charge is 0.472 e. The zero-order valence-electron chi connectivity index (χ0n) is 17.1. The normalized spacial score (nSPS) is 34.8. The van der Waals surface area contributed by atoms with Gasteiger partial charge in [0.15, 0.2) is 0 Å². The SMILES string of the molecule is COC1(C#CC(=O)O)CCC2(c3ccc4c(c3)C(C)(C)CCC4(C)C)CC12. The lowest BCUT2D eigenvalue weighted by Crippen LogP contribution is -2.34. The maximum atomic E-state index is 10.9. The highest BCUT2D eigenvalue weighted by Gasteiger charge is 2.69. The van der Waals surface area contributed by atoms with E-state index >= 15 is 0 Å². The van der Waals surface area contributed by atoms with E-state index in [-0.39, 0.29) is 16.2 Å². The first-order valence-corrected chi connectivity index (χ1v) is 10.0. The predicted molar refractivity (Wildman–Crippen MR) is 106 cm³/mol. The third-order valence-corrected chi connectivity index (χ3v) is 7.75. The zero-order chi connectivity index (χ0) is 19.7. The van der Waals surface area contributed by atoms with Crippen molar-refractivity contribution in [2.45, 2.75) is 81.6 Å². The lowest BCUT2D eigenvalue weighted by molar-refractivity contribution is -0.130. The summed E-state index contributed by atoms with van der Waals surface area (Å²) in [7, 11) is 1.67. The van der Waals surface area contributed by atoms with Gasteiger partial charge in [-0.1, -0.05) is 51.8 Å². The Bertz CT molecular complexity index is 869. The molecule has 0 radical (unpaired) electrons. The summed E-state index contributed by atoms with van der Waals surface area (Å²) in [5.41, 5.74) is 4.29. The summed E-state index contributed by atoms with van der Waals surface area (Å²) in [6, 6.07) is 7.12. The molecule has 3 nitrogen and oxygen atoms in total. The number of carboxylic acid groups (broad SMARTS) is 1. The molecule has 2 fully saturated rings. The van der Waals surface area contributed by atoms with Gasteiger partial charge in [-0.05, 0) is 59.6 Å². The molecule has 0 aromatic heterocycles. The lowest BCUT2D eigenvalue weighted by atomic mass is 9.62. The molecule has 0 amide bonds. The van der Waals surface area contributed by atoms with Crippen molar-refractivity contribution in [3.05, 3.63) is 34.9 Å². The van der Waals surface area contributed by atoms with Gasteiger partial charge in [0.25, 0.3) is 0 Å². The lowest BCUT2D eigenvalue weighted by Gasteiger charge is -2.42. The van der Waals surface area contributed by atoms with Crippen LogP contribution in [0.15, 0.2) is 18.2 Å². The van der Waals surface area contributed by atoms with Crippen LogP contribution in [0.5, 0.6) is 0 Å². The van der Waals surface area contributed by atoms with Crippen LogP contribution in [0.3, 0.4) is 0 Å². The van der Waals surface area contributed by atoms with Gasteiger partial charge in [-0.25, -0.2) is 4.79 Å². The Morgan fingerprint density at radius 2 is 1.74 bits per heavy atom. The van der Waals surface area contributed by atoms with Crippen LogP contribution in [0.4, 0.5) is 0 Å². The molecule has 0 bridgehead atoms. The molecule has 0 saturated heterocycles. The van der Waals surface area contributed by atoms with E-state index in [4.69, 9.17) is 9.84 Å². The van der Waals surface area contributed by atoms with E-state index in [0.29, 0.717) is 5.92 Å². The molecule has 3 unspecified atom stereocenters. The third kappa shape index (κ3) is 2.64. The maximum absolute atomic E-state index is 10.9. The average molecular weight is 367 g/mol. The van der Waals surface area contributed by atoms with Crippen molar-refractivity contribution < 1.29 is 14.6 Å². The number of benzene rings is 1. The van der Waals surface area contributed by atoms with Gasteiger partial charge >= 0.3 is 5.97 Å². The van der Waals surface area contributed by atoms with Crippen LogP contribution in [0.1, 0.15) is 76.5 Å². The van der Waals surface area contributed by atoms with Crippen LogP contribution in [-0.4, -0.2) is 23.8 Å². The highest BCUT2D eigenvalue weighted by molar-refractivity contribution is 5.86. The van der Waals surface area contributed by atoms with Crippen LogP contribution in [0.2, 0.25) is 0 Å². The molecule has 1 aromatic rings. The van der Waals surface area contributed by atoms with E-state index < -0.39 is 11.6 Å². The first-order valence-electron chi connectivity index (χ1n) is 10.0. The summed E-state index contributed by atoms with van der Waals surface area (Å²) in [6.07, 6.45) is 5.29. The first-order chi connectivity index (χ1) is 12.6. The second kappa shape index (κ2) is 5.61. The van der Waals surface area contributed by atoms with E-state index in [1.165, 1.54) is 29.5 Å². The summed E-state index contributed by atoms with van der Waals surface area (Å²) >= 11 is 0. The van der Waals surface area contributed by atoms with Gasteiger partial charge in [0.1, 0.15) is 5.60 Å². The molecule has 144 valence electrons. The maximum Gasteiger partial charge on any atom is 0.382 e. The van der Waals surface area contributed by atoms with Crippen LogP contribution in [-0.2, 0) is 25.8 Å². The van der Waals surface area contributed by atoms with Gasteiger partial charge in [0.2, 0.25) is 0 Å². The van der Waals surface area contributed by atoms with Gasteiger partial charge in [0, 0.05) is 24.4 Å². The van der Waals surface area contributed by atoms with Crippen LogP contribution in [0, 0.1) is 17.8 Å². The minimum absolute atomic E-state index is 0.107. The first kappa shape index (κ1) is 18.6. The van der Waals surface area contributed by atoms with Gasteiger partial charge in [-0.2, -0.15) is 0 Å². The molecule has 3 aliphatic rings. The number of rotatable bonds is 2. The van der Waals surface area contributed by atoms with Crippen molar-refractivity contribution in [3.63, 3.8) is 0 Å². The zero-order valence-corrected chi connectivity index (χ0v) is 17.1. The quantitative estimate of drug-likeness (QED) is 0.781. The Kier molecular flexibility index (Phi) is 3.86. The fourth-order valence-corrected chi connectivity index (χ4v) is 5.74. The minimum Gasteiger partial charge on any atom is -0.472 e. The Morgan fingerprint density at radius 3 is 2.33 bits per heavy atom. The number of methoxy groups -OCH3 is 1. The number of ether oxygens (including phenoxy) is 1. The van der Waals surface area contributed by atoms with Gasteiger partial charge in [-0.3, -0.25) is 0 Å². The second-order valence-electron chi connectivity index (χ2n) is 10.1. The van der Waals surface area contributed by atoms with Crippen molar-refractivity contribution in [1.29, 1.82) is 0 Å². The Hall–Kier alpha value is -1.79. The van der Waals surface area contributed by atoms with Crippen molar-refractivity contribution in [3.8, 4) is 11.8 Å². The summed E-state index contributed by atoms with van der Waals surface area (Å²) in [5.74, 6) is 4.48. The number of aliphatic carboxylic acids is 1. The smallest absolute Gasteiger partial charge is 0.382 e. The second-order valence-corrected chi connectivity index (χ2v) is 10.1. The molecule has 2 saturated carbocycles. The van der Waals surface area contributed by atoms with Gasteiger partial charge in [0.05, 0.1) is 0 Å². The molecule has 1 aromatic carbocycles. The van der Waals surface area contributed by atoms with E-state index in [1.54, 1.807) is 7.11 Å². The summed E-state index contributed by atoms with van der Waals surface area (Å²) in [4.78, 5) is 10.9. The Balaban J connectivity index is 1.73. The molecule has 27 heavy (non-hydrogen) atoms. The molecule has 3 aliphatic carbocycles. The van der Waals surface area contributed by atoms with E-state index in [2.05, 4.69) is 57.7 Å². The van der Waals surface area contributed by atoms with Crippen molar-refractivity contribution in [2.24, 2.45) is 5.92 Å². The number of carbonyl (C=O) groups is 1. The fourth-order valence-electron chi connectivity index (χ4n) is 5.74. The van der Waals surface area contributed by atoms with Crippen LogP contribution >= 0.6 is 0 Å². The van der Waals surface area contributed by atoms with Crippen molar-refractivity contribution >= 4 is 5.97 Å². The Morgan fingerprint density at radius 1 is 1.07 bits per heavy atom. The molecule has 0 spiro atoms. The summed E-state index contributed by atoms with van der Waals surface area (Å²) in [5, 5.41) is 8.97. The van der Waals surface area contributed by atoms with Gasteiger partial charge in [-0.15, -0.1) is 0 Å². The van der Waals surface area contributed by atoms with E-state index in [0.717, 1.165) is 19.3 Å². The minimum atomic E-state index is -1.08. The monoisotopic (exact) mass is 366 g/mol. The molecule has 1 N–H and O–H groups in total.